The van der Waals surface area contributed by atoms with Crippen molar-refractivity contribution in [1.29, 1.82) is 0 Å². The first-order valence-corrected chi connectivity index (χ1v) is 5.09. The van der Waals surface area contributed by atoms with Gasteiger partial charge in [0.1, 0.15) is 11.5 Å². The summed E-state index contributed by atoms with van der Waals surface area (Å²) in [5.41, 5.74) is 4.50. The van der Waals surface area contributed by atoms with E-state index < -0.39 is 12.6 Å². The topological polar surface area (TPSA) is 39.2 Å². The van der Waals surface area contributed by atoms with Crippen molar-refractivity contribution < 1.29 is 17.6 Å². The van der Waals surface area contributed by atoms with Gasteiger partial charge in [0.05, 0.1) is 0 Å². The molecule has 0 aliphatic carbocycles. The van der Waals surface area contributed by atoms with Crippen LogP contribution in [0.15, 0.2) is 16.5 Å². The number of furan rings is 1. The molecule has 1 aromatic rings. The number of hydrogen-bond donors (Lipinski definition) is 1. The lowest BCUT2D eigenvalue weighted by molar-refractivity contribution is -0.136. The molecule has 1 atom stereocenters. The summed E-state index contributed by atoms with van der Waals surface area (Å²) in [6.45, 7) is 3.52. The third-order valence-electron chi connectivity index (χ3n) is 2.11. The molecule has 0 bridgehead atoms. The predicted molar refractivity (Wildman–Crippen MR) is 57.3 cm³/mol. The molecule has 5 heteroatoms. The Hall–Kier alpha value is -0.970. The van der Waals surface area contributed by atoms with Gasteiger partial charge in [-0.2, -0.15) is 13.2 Å². The van der Waals surface area contributed by atoms with Crippen molar-refractivity contribution in [2.24, 2.45) is 5.73 Å². The first kappa shape index (κ1) is 15.0. The molecule has 0 aliphatic rings. The van der Waals surface area contributed by atoms with E-state index in [4.69, 9.17) is 4.42 Å². The highest BCUT2D eigenvalue weighted by Crippen LogP contribution is 2.29. The van der Waals surface area contributed by atoms with Crippen LogP contribution in [0.25, 0.3) is 0 Å². The van der Waals surface area contributed by atoms with Gasteiger partial charge in [-0.05, 0) is 32.5 Å². The molecule has 1 unspecified atom stereocenters. The molecule has 0 aliphatic heterocycles. The van der Waals surface area contributed by atoms with Crippen molar-refractivity contribution in [3.05, 3.63) is 23.7 Å². The molecule has 0 amide bonds. The van der Waals surface area contributed by atoms with Crippen LogP contribution in [0.2, 0.25) is 0 Å². The number of nitrogens with two attached hydrogens (primary N) is 1. The highest BCUT2D eigenvalue weighted by molar-refractivity contribution is 5.09. The fourth-order valence-corrected chi connectivity index (χ4v) is 1.24. The molecule has 0 radical (unpaired) electrons. The summed E-state index contributed by atoms with van der Waals surface area (Å²) in [6, 6.07) is 3.50. The van der Waals surface area contributed by atoms with Gasteiger partial charge in [0.25, 0.3) is 0 Å². The standard InChI is InChI=1S/C10H13F3O.CH5N/c1-7(5-6-10(11,12)13)9-4-3-8(2)14-9;1-2/h3-4,7H,5-6H2,1-2H3;2H2,1H3. The SMILES string of the molecule is CN.Cc1ccc(C(C)CCC(F)(F)F)o1. The van der Waals surface area contributed by atoms with E-state index in [2.05, 4.69) is 5.73 Å². The van der Waals surface area contributed by atoms with Gasteiger partial charge in [-0.3, -0.25) is 0 Å². The van der Waals surface area contributed by atoms with Crippen molar-refractivity contribution in [1.82, 2.24) is 0 Å². The van der Waals surface area contributed by atoms with Gasteiger partial charge in [-0.15, -0.1) is 0 Å². The van der Waals surface area contributed by atoms with Gasteiger partial charge >= 0.3 is 6.18 Å². The average molecular weight is 237 g/mol. The molecule has 0 saturated heterocycles. The number of rotatable bonds is 3. The highest BCUT2D eigenvalue weighted by atomic mass is 19.4. The summed E-state index contributed by atoms with van der Waals surface area (Å²) >= 11 is 0. The van der Waals surface area contributed by atoms with E-state index in [1.165, 1.54) is 7.05 Å². The lowest BCUT2D eigenvalue weighted by Crippen LogP contribution is -2.08. The van der Waals surface area contributed by atoms with Crippen LogP contribution in [0.1, 0.15) is 37.2 Å². The van der Waals surface area contributed by atoms with Crippen LogP contribution in [0, 0.1) is 6.92 Å². The number of alkyl halides is 3. The quantitative estimate of drug-likeness (QED) is 0.872. The van der Waals surface area contributed by atoms with E-state index >= 15 is 0 Å². The highest BCUT2D eigenvalue weighted by Gasteiger charge is 2.28. The summed E-state index contributed by atoms with van der Waals surface area (Å²) in [6.07, 6.45) is -4.75. The molecule has 2 N–H and O–H groups in total. The van der Waals surface area contributed by atoms with E-state index in [0.29, 0.717) is 5.76 Å². The van der Waals surface area contributed by atoms with Gasteiger partial charge < -0.3 is 10.2 Å². The van der Waals surface area contributed by atoms with E-state index in [9.17, 15) is 13.2 Å². The Balaban J connectivity index is 0.00000106. The maximum atomic E-state index is 11.9. The number of aryl methyl sites for hydroxylation is 1. The largest absolute Gasteiger partial charge is 0.466 e. The van der Waals surface area contributed by atoms with Crippen molar-refractivity contribution in [2.75, 3.05) is 7.05 Å². The van der Waals surface area contributed by atoms with Crippen molar-refractivity contribution in [3.63, 3.8) is 0 Å². The first-order valence-electron chi connectivity index (χ1n) is 5.09. The average Bonchev–Trinajstić information content (AvgIpc) is 2.63. The number of halogens is 3. The molecule has 1 rings (SSSR count). The predicted octanol–water partition coefficient (Wildman–Crippen LogP) is 3.61. The minimum absolute atomic E-state index is 0.0798. The molecule has 0 spiro atoms. The van der Waals surface area contributed by atoms with E-state index in [1.807, 2.05) is 0 Å². The Morgan fingerprint density at radius 1 is 1.31 bits per heavy atom. The smallest absolute Gasteiger partial charge is 0.389 e. The van der Waals surface area contributed by atoms with Crippen LogP contribution in [0.3, 0.4) is 0 Å². The van der Waals surface area contributed by atoms with Crippen molar-refractivity contribution >= 4 is 0 Å². The fourth-order valence-electron chi connectivity index (χ4n) is 1.24. The third kappa shape index (κ3) is 5.80. The Bertz CT molecular complexity index is 294. The number of hydrogen-bond acceptors (Lipinski definition) is 2. The zero-order valence-electron chi connectivity index (χ0n) is 9.77. The molecule has 0 aromatic carbocycles. The van der Waals surface area contributed by atoms with Crippen LogP contribution in [0.5, 0.6) is 0 Å². The molecule has 16 heavy (non-hydrogen) atoms. The van der Waals surface area contributed by atoms with E-state index in [1.54, 1.807) is 26.0 Å². The molecule has 94 valence electrons. The summed E-state index contributed by atoms with van der Waals surface area (Å²) in [7, 11) is 1.50. The van der Waals surface area contributed by atoms with Crippen LogP contribution >= 0.6 is 0 Å². The fraction of sp³-hybridized carbons (Fsp3) is 0.636. The summed E-state index contributed by atoms with van der Waals surface area (Å²) in [5, 5.41) is 0. The van der Waals surface area contributed by atoms with Gasteiger partial charge in [-0.1, -0.05) is 6.92 Å². The van der Waals surface area contributed by atoms with Crippen LogP contribution in [0.4, 0.5) is 13.2 Å². The van der Waals surface area contributed by atoms with Gasteiger partial charge in [0, 0.05) is 12.3 Å². The van der Waals surface area contributed by atoms with Gasteiger partial charge in [-0.25, -0.2) is 0 Å². The molecular weight excluding hydrogens is 219 g/mol. The maximum absolute atomic E-state index is 11.9. The minimum Gasteiger partial charge on any atom is -0.466 e. The molecule has 0 fully saturated rings. The Morgan fingerprint density at radius 2 is 1.88 bits per heavy atom. The zero-order valence-corrected chi connectivity index (χ0v) is 9.77. The minimum atomic E-state index is -4.07. The Morgan fingerprint density at radius 3 is 2.25 bits per heavy atom. The second-order valence-corrected chi connectivity index (χ2v) is 3.50. The lowest BCUT2D eigenvalue weighted by atomic mass is 10.0. The van der Waals surface area contributed by atoms with Crippen LogP contribution in [-0.2, 0) is 0 Å². The summed E-state index contributed by atoms with van der Waals surface area (Å²) in [5.74, 6) is 1.19. The zero-order chi connectivity index (χ0) is 12.8. The van der Waals surface area contributed by atoms with Gasteiger partial charge in [0.15, 0.2) is 0 Å². The van der Waals surface area contributed by atoms with Crippen molar-refractivity contribution in [2.45, 2.75) is 38.8 Å². The second-order valence-electron chi connectivity index (χ2n) is 3.50. The summed E-state index contributed by atoms with van der Waals surface area (Å²) in [4.78, 5) is 0. The Labute approximate surface area is 93.6 Å². The van der Waals surface area contributed by atoms with Crippen molar-refractivity contribution in [3.8, 4) is 0 Å². The molecule has 0 saturated carbocycles. The van der Waals surface area contributed by atoms with E-state index in [0.717, 1.165) is 5.76 Å². The molecule has 2 nitrogen and oxygen atoms in total. The summed E-state index contributed by atoms with van der Waals surface area (Å²) < 4.78 is 41.0. The normalized spacial score (nSPS) is 12.9. The van der Waals surface area contributed by atoms with Crippen LogP contribution < -0.4 is 5.73 Å². The first-order chi connectivity index (χ1) is 7.38. The molecular formula is C11H18F3NO. The third-order valence-corrected chi connectivity index (χ3v) is 2.11. The maximum Gasteiger partial charge on any atom is 0.389 e. The Kier molecular flexibility index (Phi) is 6.18. The van der Waals surface area contributed by atoms with Gasteiger partial charge in [0.2, 0.25) is 0 Å². The van der Waals surface area contributed by atoms with E-state index in [-0.39, 0.29) is 12.3 Å². The molecule has 1 aromatic heterocycles. The van der Waals surface area contributed by atoms with Crippen LogP contribution in [-0.4, -0.2) is 13.2 Å². The lowest BCUT2D eigenvalue weighted by Gasteiger charge is -2.10. The second kappa shape index (κ2) is 6.58. The monoisotopic (exact) mass is 237 g/mol. The molecule has 1 heterocycles.